The fourth-order valence-electron chi connectivity index (χ4n) is 3.68. The second kappa shape index (κ2) is 5.76. The van der Waals surface area contributed by atoms with Gasteiger partial charge >= 0.3 is 0 Å². The van der Waals surface area contributed by atoms with Crippen LogP contribution in [-0.4, -0.2) is 34.3 Å². The maximum absolute atomic E-state index is 4.97. The van der Waals surface area contributed by atoms with Gasteiger partial charge in [0.25, 0.3) is 0 Å². The van der Waals surface area contributed by atoms with Gasteiger partial charge in [-0.1, -0.05) is 24.6 Å². The number of benzene rings is 1. The highest BCUT2D eigenvalue weighted by molar-refractivity contribution is 5.58. The molecule has 0 atom stereocenters. The number of aryl methyl sites for hydroxylation is 1. The fourth-order valence-corrected chi connectivity index (χ4v) is 3.68. The van der Waals surface area contributed by atoms with E-state index in [1.807, 2.05) is 0 Å². The first kappa shape index (κ1) is 13.8. The van der Waals surface area contributed by atoms with Crippen molar-refractivity contribution in [3.8, 4) is 5.69 Å². The first-order chi connectivity index (χ1) is 10.8. The molecule has 2 aliphatic heterocycles. The summed E-state index contributed by atoms with van der Waals surface area (Å²) >= 11 is 0. The van der Waals surface area contributed by atoms with Crippen molar-refractivity contribution >= 4 is 5.82 Å². The normalized spacial score (nSPS) is 18.2. The van der Waals surface area contributed by atoms with E-state index in [9.17, 15) is 0 Å². The molecule has 1 fully saturated rings. The van der Waals surface area contributed by atoms with Gasteiger partial charge in [0.1, 0.15) is 5.82 Å². The van der Waals surface area contributed by atoms with Gasteiger partial charge in [0.05, 0.1) is 11.4 Å². The molecule has 0 radical (unpaired) electrons. The van der Waals surface area contributed by atoms with E-state index in [0.717, 1.165) is 19.5 Å². The van der Waals surface area contributed by atoms with E-state index in [1.54, 1.807) is 0 Å². The van der Waals surface area contributed by atoms with Crippen molar-refractivity contribution in [1.82, 2.24) is 14.7 Å². The Labute approximate surface area is 132 Å². The summed E-state index contributed by atoms with van der Waals surface area (Å²) in [5, 5.41) is 8.50. The van der Waals surface area contributed by atoms with E-state index < -0.39 is 0 Å². The second-order valence-corrected chi connectivity index (χ2v) is 6.49. The van der Waals surface area contributed by atoms with E-state index in [-0.39, 0.29) is 0 Å². The Kier molecular flexibility index (Phi) is 3.62. The van der Waals surface area contributed by atoms with Gasteiger partial charge in [-0.2, -0.15) is 5.10 Å². The van der Waals surface area contributed by atoms with Crippen LogP contribution in [0, 0.1) is 6.92 Å². The summed E-state index contributed by atoms with van der Waals surface area (Å²) in [7, 11) is 0. The molecule has 4 nitrogen and oxygen atoms in total. The van der Waals surface area contributed by atoms with E-state index in [0.29, 0.717) is 0 Å². The molecule has 0 saturated carbocycles. The molecule has 0 bridgehead atoms. The van der Waals surface area contributed by atoms with E-state index in [4.69, 9.17) is 5.10 Å². The monoisotopic (exact) mass is 296 g/mol. The van der Waals surface area contributed by atoms with Crippen LogP contribution >= 0.6 is 0 Å². The highest BCUT2D eigenvalue weighted by atomic mass is 15.4. The molecule has 22 heavy (non-hydrogen) atoms. The number of nitrogens with zero attached hydrogens (tertiary/aromatic N) is 3. The number of piperidine rings is 1. The van der Waals surface area contributed by atoms with Gasteiger partial charge in [-0.25, -0.2) is 4.68 Å². The molecule has 4 rings (SSSR count). The summed E-state index contributed by atoms with van der Waals surface area (Å²) in [5.41, 5.74) is 5.16. The zero-order valence-corrected chi connectivity index (χ0v) is 13.3. The number of hydrogen-bond acceptors (Lipinski definition) is 3. The van der Waals surface area contributed by atoms with Crippen LogP contribution in [0.4, 0.5) is 5.82 Å². The van der Waals surface area contributed by atoms with Crippen molar-refractivity contribution in [3.63, 3.8) is 0 Å². The molecule has 2 aliphatic rings. The lowest BCUT2D eigenvalue weighted by Crippen LogP contribution is -2.29. The van der Waals surface area contributed by atoms with Gasteiger partial charge in [-0.3, -0.25) is 4.90 Å². The van der Waals surface area contributed by atoms with Gasteiger partial charge in [0, 0.05) is 18.7 Å². The third-order valence-electron chi connectivity index (χ3n) is 4.90. The molecule has 1 saturated heterocycles. The maximum Gasteiger partial charge on any atom is 0.133 e. The van der Waals surface area contributed by atoms with Crippen LogP contribution in [0.3, 0.4) is 0 Å². The Hall–Kier alpha value is -1.81. The molecule has 0 amide bonds. The van der Waals surface area contributed by atoms with Crippen LogP contribution < -0.4 is 5.32 Å². The van der Waals surface area contributed by atoms with E-state index >= 15 is 0 Å². The van der Waals surface area contributed by atoms with Crippen LogP contribution in [-0.2, 0) is 13.0 Å². The van der Waals surface area contributed by atoms with Gasteiger partial charge in [-0.15, -0.1) is 0 Å². The number of fused-ring (bicyclic) bond motifs is 1. The minimum absolute atomic E-state index is 1.00. The Morgan fingerprint density at radius 1 is 1.14 bits per heavy atom. The Balaban J connectivity index is 1.69. The predicted octanol–water partition coefficient (Wildman–Crippen LogP) is 3.13. The zero-order valence-electron chi connectivity index (χ0n) is 13.3. The third-order valence-corrected chi connectivity index (χ3v) is 4.90. The molecule has 1 aromatic heterocycles. The van der Waals surface area contributed by atoms with Crippen molar-refractivity contribution in [2.45, 2.75) is 39.2 Å². The molecular formula is C18H24N4. The minimum Gasteiger partial charge on any atom is -0.369 e. The Morgan fingerprint density at radius 2 is 1.95 bits per heavy atom. The number of anilines is 1. The molecule has 3 heterocycles. The first-order valence-corrected chi connectivity index (χ1v) is 8.46. The van der Waals surface area contributed by atoms with Crippen molar-refractivity contribution in [1.29, 1.82) is 0 Å². The maximum atomic E-state index is 4.97. The quantitative estimate of drug-likeness (QED) is 0.944. The number of aromatic nitrogens is 2. The molecule has 0 unspecified atom stereocenters. The molecule has 1 N–H and O–H groups in total. The van der Waals surface area contributed by atoms with Crippen LogP contribution in [0.25, 0.3) is 5.69 Å². The van der Waals surface area contributed by atoms with Crippen LogP contribution in [0.2, 0.25) is 0 Å². The average molecular weight is 296 g/mol. The van der Waals surface area contributed by atoms with Gasteiger partial charge in [0.2, 0.25) is 0 Å². The van der Waals surface area contributed by atoms with Gasteiger partial charge in [-0.05, 0) is 50.9 Å². The van der Waals surface area contributed by atoms with E-state index in [2.05, 4.69) is 46.1 Å². The lowest BCUT2D eigenvalue weighted by molar-refractivity contribution is 0.217. The average Bonchev–Trinajstić information content (AvgIpc) is 3.13. The number of nitrogens with one attached hydrogen (secondary N) is 1. The lowest BCUT2D eigenvalue weighted by Gasteiger charge is -2.25. The fraction of sp³-hybridized carbons (Fsp3) is 0.500. The molecule has 4 heteroatoms. The zero-order chi connectivity index (χ0) is 14.9. The largest absolute Gasteiger partial charge is 0.369 e. The Bertz CT molecular complexity index is 668. The summed E-state index contributed by atoms with van der Waals surface area (Å²) in [6.45, 7) is 6.64. The molecule has 1 aromatic carbocycles. The summed E-state index contributed by atoms with van der Waals surface area (Å²) in [4.78, 5) is 2.56. The smallest absolute Gasteiger partial charge is 0.133 e. The summed E-state index contributed by atoms with van der Waals surface area (Å²) in [5.74, 6) is 1.21. The SMILES string of the molecule is Cc1ccccc1-n1nc(CN2CCCCC2)c2c1NCC2. The number of rotatable bonds is 3. The standard InChI is InChI=1S/C18H24N4/c1-14-7-3-4-8-17(14)22-18-15(9-10-19-18)16(20-22)13-21-11-5-2-6-12-21/h3-4,7-8,19H,2,5-6,9-13H2,1H3. The van der Waals surface area contributed by atoms with Gasteiger partial charge < -0.3 is 5.32 Å². The number of hydrogen-bond donors (Lipinski definition) is 1. The van der Waals surface area contributed by atoms with Crippen molar-refractivity contribution in [2.24, 2.45) is 0 Å². The summed E-state index contributed by atoms with van der Waals surface area (Å²) < 4.78 is 2.12. The predicted molar refractivity (Wildman–Crippen MR) is 89.6 cm³/mol. The van der Waals surface area contributed by atoms with Crippen molar-refractivity contribution in [2.75, 3.05) is 25.0 Å². The second-order valence-electron chi connectivity index (χ2n) is 6.49. The van der Waals surface area contributed by atoms with Crippen molar-refractivity contribution < 1.29 is 0 Å². The minimum atomic E-state index is 1.00. The van der Waals surface area contributed by atoms with Crippen molar-refractivity contribution in [3.05, 3.63) is 41.1 Å². The highest BCUT2D eigenvalue weighted by Crippen LogP contribution is 2.30. The Morgan fingerprint density at radius 3 is 2.77 bits per heavy atom. The van der Waals surface area contributed by atoms with Crippen LogP contribution in [0.15, 0.2) is 24.3 Å². The topological polar surface area (TPSA) is 33.1 Å². The summed E-state index contributed by atoms with van der Waals surface area (Å²) in [6.07, 6.45) is 5.15. The lowest BCUT2D eigenvalue weighted by atomic mass is 10.1. The first-order valence-electron chi connectivity index (χ1n) is 8.46. The number of likely N-dealkylation sites (tertiary alicyclic amines) is 1. The highest BCUT2D eigenvalue weighted by Gasteiger charge is 2.25. The van der Waals surface area contributed by atoms with Crippen LogP contribution in [0.5, 0.6) is 0 Å². The van der Waals surface area contributed by atoms with Crippen LogP contribution in [0.1, 0.15) is 36.1 Å². The van der Waals surface area contributed by atoms with Gasteiger partial charge in [0.15, 0.2) is 0 Å². The molecule has 0 aliphatic carbocycles. The molecule has 2 aromatic rings. The third kappa shape index (κ3) is 2.41. The number of para-hydroxylation sites is 1. The molecule has 116 valence electrons. The summed E-state index contributed by atoms with van der Waals surface area (Å²) in [6, 6.07) is 8.50. The molecule has 0 spiro atoms. The molecular weight excluding hydrogens is 272 g/mol. The van der Waals surface area contributed by atoms with E-state index in [1.165, 1.54) is 60.7 Å².